The molecule has 5 rings (SSSR count). The summed E-state index contributed by atoms with van der Waals surface area (Å²) in [4.78, 5) is 22.9. The van der Waals surface area contributed by atoms with E-state index in [1.165, 1.54) is 6.92 Å². The monoisotopic (exact) mass is 413 g/mol. The fourth-order valence-electron chi connectivity index (χ4n) is 3.77. The third-order valence-corrected chi connectivity index (χ3v) is 5.33. The molecule has 1 aromatic carbocycles. The zero-order valence-corrected chi connectivity index (χ0v) is 16.9. The van der Waals surface area contributed by atoms with E-state index in [9.17, 15) is 4.39 Å². The molecule has 0 N–H and O–H groups in total. The van der Waals surface area contributed by atoms with Gasteiger partial charge in [-0.15, -0.1) is 0 Å². The molecule has 0 bridgehead atoms. The van der Waals surface area contributed by atoms with E-state index in [-0.39, 0.29) is 5.82 Å². The van der Waals surface area contributed by atoms with Crippen molar-refractivity contribution >= 4 is 22.9 Å². The number of aromatic nitrogens is 5. The van der Waals surface area contributed by atoms with Crippen LogP contribution in [-0.2, 0) is 9.47 Å². The van der Waals surface area contributed by atoms with Crippen LogP contribution in [0.3, 0.4) is 0 Å². The molecule has 0 saturated carbocycles. The minimum Gasteiger partial charge on any atom is -0.378 e. The highest BCUT2D eigenvalue weighted by Crippen LogP contribution is 2.27. The molecule has 2 aliphatic rings. The number of morpholine rings is 2. The minimum atomic E-state index is -1.27. The number of alkyl halides is 1. The Kier molecular flexibility index (Phi) is 5.17. The largest absolute Gasteiger partial charge is 0.378 e. The second kappa shape index (κ2) is 8.11. The molecule has 2 aromatic heterocycles. The van der Waals surface area contributed by atoms with Crippen LogP contribution in [0, 0.1) is 0 Å². The molecule has 2 fully saturated rings. The number of hydrogen-bond donors (Lipinski definition) is 0. The third kappa shape index (κ3) is 3.56. The standard InChI is InChI=1S/C20H24FN7O2/c1-14(21)17-22-15-4-2-3-5-16(15)28(17)20-24-18(26-6-10-29-11-7-26)23-19(25-20)27-8-12-30-13-9-27/h2-5,14H,6-13H2,1H3. The summed E-state index contributed by atoms with van der Waals surface area (Å²) in [5.41, 5.74) is 1.47. The summed E-state index contributed by atoms with van der Waals surface area (Å²) in [5, 5.41) is 0. The summed E-state index contributed by atoms with van der Waals surface area (Å²) in [6, 6.07) is 7.56. The summed E-state index contributed by atoms with van der Waals surface area (Å²) in [7, 11) is 0. The summed E-state index contributed by atoms with van der Waals surface area (Å²) in [5.74, 6) is 1.80. The molecule has 0 aliphatic carbocycles. The molecule has 1 atom stereocenters. The number of fused-ring (bicyclic) bond motifs is 1. The van der Waals surface area contributed by atoms with E-state index in [0.717, 1.165) is 5.52 Å². The Morgan fingerprint density at radius 2 is 1.33 bits per heavy atom. The molecular weight excluding hydrogens is 389 g/mol. The molecule has 2 saturated heterocycles. The fraction of sp³-hybridized carbons (Fsp3) is 0.500. The first-order valence-electron chi connectivity index (χ1n) is 10.2. The van der Waals surface area contributed by atoms with Gasteiger partial charge in [-0.25, -0.2) is 9.37 Å². The van der Waals surface area contributed by atoms with Crippen LogP contribution in [0.5, 0.6) is 0 Å². The average Bonchev–Trinajstić information content (AvgIpc) is 3.20. The van der Waals surface area contributed by atoms with E-state index in [0.29, 0.717) is 76.0 Å². The predicted octanol–water partition coefficient (Wildman–Crippen LogP) is 1.91. The fourth-order valence-corrected chi connectivity index (χ4v) is 3.77. The van der Waals surface area contributed by atoms with Gasteiger partial charge in [0, 0.05) is 26.2 Å². The van der Waals surface area contributed by atoms with Gasteiger partial charge in [0.15, 0.2) is 12.0 Å². The van der Waals surface area contributed by atoms with Gasteiger partial charge in [0.25, 0.3) is 0 Å². The third-order valence-electron chi connectivity index (χ3n) is 5.33. The Morgan fingerprint density at radius 3 is 1.90 bits per heavy atom. The topological polar surface area (TPSA) is 81.4 Å². The highest BCUT2D eigenvalue weighted by Gasteiger charge is 2.24. The first kappa shape index (κ1) is 19.1. The maximum atomic E-state index is 14.5. The summed E-state index contributed by atoms with van der Waals surface area (Å²) >= 11 is 0. The lowest BCUT2D eigenvalue weighted by Gasteiger charge is -2.30. The first-order valence-corrected chi connectivity index (χ1v) is 10.2. The van der Waals surface area contributed by atoms with Crippen molar-refractivity contribution in [1.29, 1.82) is 0 Å². The predicted molar refractivity (Wildman–Crippen MR) is 110 cm³/mol. The van der Waals surface area contributed by atoms with Gasteiger partial charge in [0.2, 0.25) is 17.8 Å². The molecule has 10 heteroatoms. The Labute approximate surface area is 173 Å². The van der Waals surface area contributed by atoms with E-state index < -0.39 is 6.17 Å². The van der Waals surface area contributed by atoms with Crippen molar-refractivity contribution in [2.24, 2.45) is 0 Å². The van der Waals surface area contributed by atoms with Gasteiger partial charge in [-0.2, -0.15) is 15.0 Å². The number of rotatable bonds is 4. The van der Waals surface area contributed by atoms with E-state index >= 15 is 0 Å². The summed E-state index contributed by atoms with van der Waals surface area (Å²) in [6.45, 7) is 6.75. The van der Waals surface area contributed by atoms with Crippen LogP contribution < -0.4 is 9.80 Å². The maximum Gasteiger partial charge on any atom is 0.242 e. The minimum absolute atomic E-state index is 0.281. The quantitative estimate of drug-likeness (QED) is 0.642. The van der Waals surface area contributed by atoms with Gasteiger partial charge < -0.3 is 19.3 Å². The van der Waals surface area contributed by atoms with Crippen LogP contribution in [-0.4, -0.2) is 77.1 Å². The lowest BCUT2D eigenvalue weighted by Crippen LogP contribution is -2.40. The number of hydrogen-bond acceptors (Lipinski definition) is 8. The molecular formula is C20H24FN7O2. The van der Waals surface area contributed by atoms with Crippen molar-refractivity contribution in [3.63, 3.8) is 0 Å². The summed E-state index contributed by atoms with van der Waals surface area (Å²) < 4.78 is 27.2. The van der Waals surface area contributed by atoms with Gasteiger partial charge in [0.05, 0.1) is 37.5 Å². The van der Waals surface area contributed by atoms with Crippen LogP contribution in [0.1, 0.15) is 18.9 Å². The van der Waals surface area contributed by atoms with E-state index in [4.69, 9.17) is 24.4 Å². The molecule has 3 aromatic rings. The van der Waals surface area contributed by atoms with Crippen molar-refractivity contribution in [1.82, 2.24) is 24.5 Å². The van der Waals surface area contributed by atoms with Crippen LogP contribution in [0.4, 0.5) is 16.3 Å². The number of nitrogens with zero attached hydrogens (tertiary/aromatic N) is 7. The van der Waals surface area contributed by atoms with E-state index in [1.807, 2.05) is 24.3 Å². The summed E-state index contributed by atoms with van der Waals surface area (Å²) in [6.07, 6.45) is -1.27. The van der Waals surface area contributed by atoms with Gasteiger partial charge in [0.1, 0.15) is 0 Å². The molecule has 30 heavy (non-hydrogen) atoms. The number of anilines is 2. The number of benzene rings is 1. The Morgan fingerprint density at radius 1 is 0.800 bits per heavy atom. The highest BCUT2D eigenvalue weighted by molar-refractivity contribution is 5.77. The smallest absolute Gasteiger partial charge is 0.242 e. The lowest BCUT2D eigenvalue weighted by molar-refractivity contribution is 0.121. The SMILES string of the molecule is CC(F)c1nc2ccccc2n1-c1nc(N2CCOCC2)nc(N2CCOCC2)n1. The Bertz CT molecular complexity index is 993. The van der Waals surface area contributed by atoms with Crippen LogP contribution >= 0.6 is 0 Å². The molecule has 158 valence electrons. The lowest BCUT2D eigenvalue weighted by atomic mass is 10.3. The second-order valence-electron chi connectivity index (χ2n) is 7.34. The first-order chi connectivity index (χ1) is 14.7. The molecule has 2 aliphatic heterocycles. The zero-order chi connectivity index (χ0) is 20.5. The second-order valence-corrected chi connectivity index (χ2v) is 7.34. The molecule has 0 spiro atoms. The van der Waals surface area contributed by atoms with Crippen LogP contribution in [0.15, 0.2) is 24.3 Å². The molecule has 1 unspecified atom stereocenters. The van der Waals surface area contributed by atoms with Crippen molar-refractivity contribution in [2.75, 3.05) is 62.4 Å². The van der Waals surface area contributed by atoms with Crippen molar-refractivity contribution in [3.05, 3.63) is 30.1 Å². The highest BCUT2D eigenvalue weighted by atomic mass is 19.1. The zero-order valence-electron chi connectivity index (χ0n) is 16.9. The molecule has 0 radical (unpaired) electrons. The van der Waals surface area contributed by atoms with Gasteiger partial charge in [-0.3, -0.25) is 4.57 Å². The van der Waals surface area contributed by atoms with E-state index in [1.54, 1.807) is 4.57 Å². The van der Waals surface area contributed by atoms with Crippen LogP contribution in [0.2, 0.25) is 0 Å². The maximum absolute atomic E-state index is 14.5. The Balaban J connectivity index is 1.67. The molecule has 0 amide bonds. The number of imidazole rings is 1. The number of ether oxygens (including phenoxy) is 2. The van der Waals surface area contributed by atoms with Crippen LogP contribution in [0.25, 0.3) is 17.0 Å². The van der Waals surface area contributed by atoms with Crippen molar-refractivity contribution < 1.29 is 13.9 Å². The van der Waals surface area contributed by atoms with E-state index in [2.05, 4.69) is 14.8 Å². The van der Waals surface area contributed by atoms with Gasteiger partial charge in [-0.05, 0) is 19.1 Å². The number of para-hydroxylation sites is 2. The average molecular weight is 413 g/mol. The normalized spacial score (nSPS) is 18.7. The molecule has 4 heterocycles. The molecule has 9 nitrogen and oxygen atoms in total. The van der Waals surface area contributed by atoms with Crippen molar-refractivity contribution in [2.45, 2.75) is 13.1 Å². The van der Waals surface area contributed by atoms with Gasteiger partial charge in [-0.1, -0.05) is 12.1 Å². The van der Waals surface area contributed by atoms with Gasteiger partial charge >= 0.3 is 0 Å². The Hall–Kier alpha value is -2.85. The number of halogens is 1. The van der Waals surface area contributed by atoms with Crippen molar-refractivity contribution in [3.8, 4) is 5.95 Å².